The molecule has 3 heterocycles. The summed E-state index contributed by atoms with van der Waals surface area (Å²) in [5.74, 6) is 0.834. The van der Waals surface area contributed by atoms with Gasteiger partial charge in [0.15, 0.2) is 11.5 Å². The highest BCUT2D eigenvalue weighted by molar-refractivity contribution is 5.69. The second kappa shape index (κ2) is 6.97. The Bertz CT molecular complexity index is 689. The molecule has 1 aliphatic rings. The van der Waals surface area contributed by atoms with Gasteiger partial charge in [-0.2, -0.15) is 0 Å². The van der Waals surface area contributed by atoms with Gasteiger partial charge in [-0.3, -0.25) is 4.40 Å². The van der Waals surface area contributed by atoms with Crippen LogP contribution in [-0.4, -0.2) is 52.7 Å². The summed E-state index contributed by atoms with van der Waals surface area (Å²) in [6, 6.07) is 0.398. The summed E-state index contributed by atoms with van der Waals surface area (Å²) >= 11 is 0. The van der Waals surface area contributed by atoms with Crippen molar-refractivity contribution in [3.63, 3.8) is 0 Å². The molecule has 0 radical (unpaired) electrons. The summed E-state index contributed by atoms with van der Waals surface area (Å²) in [4.78, 5) is 9.04. The molecule has 0 spiro atoms. The maximum Gasteiger partial charge on any atom is 0.180 e. The van der Waals surface area contributed by atoms with E-state index in [0.29, 0.717) is 6.04 Å². The monoisotopic (exact) mass is 316 g/mol. The lowest BCUT2D eigenvalue weighted by atomic mass is 10.1. The number of hydrogen-bond acceptors (Lipinski definition) is 6. The first-order valence-corrected chi connectivity index (χ1v) is 7.94. The normalized spacial score (nSPS) is 16.7. The number of hydrazine groups is 1. The van der Waals surface area contributed by atoms with Crippen LogP contribution in [0.1, 0.15) is 25.5 Å². The molecule has 0 aromatic carbocycles. The molecule has 0 unspecified atom stereocenters. The topological polar surface area (TPSA) is 66.7 Å². The average Bonchev–Trinajstić information content (AvgIpc) is 3.01. The Morgan fingerprint density at radius 3 is 2.91 bits per heavy atom. The highest BCUT2D eigenvalue weighted by Gasteiger charge is 2.17. The lowest BCUT2D eigenvalue weighted by Crippen LogP contribution is -2.28. The van der Waals surface area contributed by atoms with Gasteiger partial charge in [0, 0.05) is 51.9 Å². The van der Waals surface area contributed by atoms with E-state index in [9.17, 15) is 0 Å². The van der Waals surface area contributed by atoms with Crippen LogP contribution in [0.3, 0.4) is 0 Å². The van der Waals surface area contributed by atoms with E-state index in [1.807, 2.05) is 43.9 Å². The molecule has 0 bridgehead atoms. The lowest BCUT2D eigenvalue weighted by Gasteiger charge is -2.23. The van der Waals surface area contributed by atoms with Crippen LogP contribution in [0, 0.1) is 0 Å². The van der Waals surface area contributed by atoms with Crippen molar-refractivity contribution in [3.8, 4) is 0 Å². The van der Waals surface area contributed by atoms with Gasteiger partial charge in [0.05, 0.1) is 11.9 Å². The average molecular weight is 316 g/mol. The van der Waals surface area contributed by atoms with Gasteiger partial charge >= 0.3 is 0 Å². The maximum absolute atomic E-state index is 5.41. The van der Waals surface area contributed by atoms with E-state index in [1.54, 1.807) is 0 Å². The molecule has 2 N–H and O–H groups in total. The van der Waals surface area contributed by atoms with Crippen LogP contribution < -0.4 is 10.7 Å². The zero-order valence-electron chi connectivity index (χ0n) is 13.9. The van der Waals surface area contributed by atoms with Crippen LogP contribution in [0.4, 0.5) is 5.82 Å². The lowest BCUT2D eigenvalue weighted by molar-refractivity contribution is 0.0904. The minimum atomic E-state index is 0.398. The number of nitrogens with one attached hydrogen (secondary N) is 2. The van der Waals surface area contributed by atoms with Crippen LogP contribution in [0.2, 0.25) is 0 Å². The molecule has 1 saturated heterocycles. The van der Waals surface area contributed by atoms with Crippen molar-refractivity contribution in [2.45, 2.75) is 25.8 Å². The first-order valence-electron chi connectivity index (χ1n) is 7.94. The number of allylic oxidation sites excluding steroid dienone is 1. The number of fused-ring (bicyclic) bond motifs is 1. The van der Waals surface area contributed by atoms with E-state index in [4.69, 9.17) is 4.74 Å². The third kappa shape index (κ3) is 3.46. The second-order valence-corrected chi connectivity index (χ2v) is 5.79. The SMILES string of the molecule is CNN(C)/C=C(\C)c1cnc2c(NC3CCOCC3)nccn12. The van der Waals surface area contributed by atoms with Crippen molar-refractivity contribution in [1.82, 2.24) is 24.8 Å². The van der Waals surface area contributed by atoms with Crippen molar-refractivity contribution < 1.29 is 4.74 Å². The number of hydrogen-bond donors (Lipinski definition) is 2. The van der Waals surface area contributed by atoms with Gasteiger partial charge in [-0.1, -0.05) is 0 Å². The number of anilines is 1. The molecule has 0 aliphatic carbocycles. The first-order chi connectivity index (χ1) is 11.2. The molecule has 7 nitrogen and oxygen atoms in total. The largest absolute Gasteiger partial charge is 0.381 e. The fraction of sp³-hybridized carbons (Fsp3) is 0.500. The van der Waals surface area contributed by atoms with E-state index in [-0.39, 0.29) is 0 Å². The number of rotatable bonds is 5. The Balaban J connectivity index is 1.89. The molecule has 0 atom stereocenters. The Morgan fingerprint density at radius 1 is 1.39 bits per heavy atom. The zero-order valence-corrected chi connectivity index (χ0v) is 13.9. The third-order valence-electron chi connectivity index (χ3n) is 4.13. The number of ether oxygens (including phenoxy) is 1. The van der Waals surface area contributed by atoms with E-state index >= 15 is 0 Å². The maximum atomic E-state index is 5.41. The van der Waals surface area contributed by atoms with Crippen molar-refractivity contribution in [2.75, 3.05) is 32.6 Å². The first kappa shape index (κ1) is 15.8. The quantitative estimate of drug-likeness (QED) is 0.819. The molecule has 2 aromatic heterocycles. The summed E-state index contributed by atoms with van der Waals surface area (Å²) in [6.07, 6.45) is 9.69. The smallest absolute Gasteiger partial charge is 0.180 e. The summed E-state index contributed by atoms with van der Waals surface area (Å²) in [7, 11) is 3.85. The minimum Gasteiger partial charge on any atom is -0.381 e. The number of nitrogens with zero attached hydrogens (tertiary/aromatic N) is 4. The molecule has 7 heteroatoms. The van der Waals surface area contributed by atoms with Gasteiger partial charge in [-0.15, -0.1) is 0 Å². The third-order valence-corrected chi connectivity index (χ3v) is 4.13. The van der Waals surface area contributed by atoms with Gasteiger partial charge in [0.2, 0.25) is 0 Å². The fourth-order valence-electron chi connectivity index (χ4n) is 2.77. The summed E-state index contributed by atoms with van der Waals surface area (Å²) in [5.41, 5.74) is 6.10. The zero-order chi connectivity index (χ0) is 16.2. The Morgan fingerprint density at radius 2 is 2.17 bits per heavy atom. The Labute approximate surface area is 136 Å². The summed E-state index contributed by atoms with van der Waals surface area (Å²) < 4.78 is 7.48. The molecule has 0 saturated carbocycles. The van der Waals surface area contributed by atoms with Crippen LogP contribution in [0.5, 0.6) is 0 Å². The van der Waals surface area contributed by atoms with Crippen molar-refractivity contribution in [2.24, 2.45) is 0 Å². The van der Waals surface area contributed by atoms with Crippen LogP contribution in [-0.2, 0) is 4.74 Å². The molecule has 1 fully saturated rings. The summed E-state index contributed by atoms with van der Waals surface area (Å²) in [6.45, 7) is 3.68. The Kier molecular flexibility index (Phi) is 4.78. The molecule has 3 rings (SSSR count). The number of aromatic nitrogens is 3. The standard InChI is InChI=1S/C16H24N6O/c1-12(11-21(3)17-2)14-10-19-16-15(18-6-7-22(14)16)20-13-4-8-23-9-5-13/h6-7,10-11,13,17H,4-5,8-9H2,1-3H3,(H,18,20)/b12-11+. The molecule has 1 aliphatic heterocycles. The van der Waals surface area contributed by atoms with Gasteiger partial charge < -0.3 is 15.1 Å². The van der Waals surface area contributed by atoms with Gasteiger partial charge in [0.25, 0.3) is 0 Å². The highest BCUT2D eigenvalue weighted by Crippen LogP contribution is 2.21. The van der Waals surface area contributed by atoms with Crippen molar-refractivity contribution in [3.05, 3.63) is 30.5 Å². The minimum absolute atomic E-state index is 0.398. The fourth-order valence-corrected chi connectivity index (χ4v) is 2.77. The molecular formula is C16H24N6O. The molecular weight excluding hydrogens is 292 g/mol. The predicted molar refractivity (Wildman–Crippen MR) is 90.9 cm³/mol. The molecule has 23 heavy (non-hydrogen) atoms. The highest BCUT2D eigenvalue weighted by atomic mass is 16.5. The molecule has 2 aromatic rings. The van der Waals surface area contributed by atoms with E-state index < -0.39 is 0 Å². The van der Waals surface area contributed by atoms with E-state index in [2.05, 4.69) is 32.0 Å². The molecule has 0 amide bonds. The van der Waals surface area contributed by atoms with Gasteiger partial charge in [0.1, 0.15) is 0 Å². The Hall–Kier alpha value is -2.12. The van der Waals surface area contributed by atoms with Crippen LogP contribution in [0.15, 0.2) is 24.8 Å². The summed E-state index contributed by atoms with van der Waals surface area (Å²) in [5, 5.41) is 5.43. The van der Waals surface area contributed by atoms with E-state index in [0.717, 1.165) is 48.8 Å². The van der Waals surface area contributed by atoms with Crippen LogP contribution in [0.25, 0.3) is 11.2 Å². The van der Waals surface area contributed by atoms with Crippen LogP contribution >= 0.6 is 0 Å². The van der Waals surface area contributed by atoms with Crippen molar-refractivity contribution >= 4 is 17.0 Å². The molecule has 124 valence electrons. The second-order valence-electron chi connectivity index (χ2n) is 5.79. The van der Waals surface area contributed by atoms with Gasteiger partial charge in [-0.25, -0.2) is 15.4 Å². The number of imidazole rings is 1. The van der Waals surface area contributed by atoms with Crippen molar-refractivity contribution in [1.29, 1.82) is 0 Å². The predicted octanol–water partition coefficient (Wildman–Crippen LogP) is 1.75. The van der Waals surface area contributed by atoms with E-state index in [1.165, 1.54) is 0 Å². The van der Waals surface area contributed by atoms with Gasteiger partial charge in [-0.05, 0) is 25.3 Å².